The summed E-state index contributed by atoms with van der Waals surface area (Å²) in [7, 11) is -1.78. The zero-order valence-electron chi connectivity index (χ0n) is 29.7. The summed E-state index contributed by atoms with van der Waals surface area (Å²) in [5.74, 6) is -0.994. The first-order valence-corrected chi connectivity index (χ1v) is 21.5. The molecule has 0 saturated carbocycles. The van der Waals surface area contributed by atoms with Crippen LogP contribution in [0.3, 0.4) is 0 Å². The molecule has 0 spiro atoms. The predicted octanol–water partition coefficient (Wildman–Crippen LogP) is 3.45. The van der Waals surface area contributed by atoms with Crippen LogP contribution in [-0.2, 0) is 21.2 Å². The van der Waals surface area contributed by atoms with E-state index in [9.17, 15) is 22.8 Å². The number of nitrogens with zero attached hydrogens (tertiary/aromatic N) is 5. The molecule has 1 atom stereocenters. The number of urea groups is 1. The lowest BCUT2D eigenvalue weighted by Crippen LogP contribution is -2.55. The van der Waals surface area contributed by atoms with Crippen molar-refractivity contribution in [1.29, 1.82) is 0 Å². The van der Waals surface area contributed by atoms with Crippen LogP contribution in [0.2, 0.25) is 0 Å². The number of ketones is 1. The number of likely N-dealkylation sites (N-methyl/N-ethyl adjacent to an activating group) is 1. The standard InChI is InChI=1S/C36H50Br2N8O5S/c1-42-16-18-44(19-17-42)27-7-11-43(12-8-27)20-21-52(50,51)41-32(24-33(47)26-22-29(37)34(39)30(38)23-26)35(48)45-13-9-28(10-14-45)46-15-6-25-4-2-3-5-31(25)40-36(46)49/h2-5,22-23,27-28,32,41H,6-21,24,39H2,1H3,(H,40,49)/t32-/m1/s1. The number of anilines is 2. The van der Waals surface area contributed by atoms with Crippen molar-refractivity contribution in [1.82, 2.24) is 29.2 Å². The summed E-state index contributed by atoms with van der Waals surface area (Å²) in [5.41, 5.74) is 8.68. The topological polar surface area (TPSA) is 152 Å². The van der Waals surface area contributed by atoms with Crippen LogP contribution in [0.4, 0.5) is 16.2 Å². The van der Waals surface area contributed by atoms with E-state index >= 15 is 0 Å². The third-order valence-electron chi connectivity index (χ3n) is 11.1. The molecule has 0 aromatic heterocycles. The number of Topliss-reactive ketones (excluding diaryl/α,β-unsaturated/α-hetero) is 1. The number of piperidine rings is 2. The van der Waals surface area contributed by atoms with Crippen LogP contribution < -0.4 is 15.8 Å². The molecule has 13 nitrogen and oxygen atoms in total. The van der Waals surface area contributed by atoms with Crippen molar-refractivity contribution in [3.8, 4) is 0 Å². The first-order valence-electron chi connectivity index (χ1n) is 18.2. The third-order valence-corrected chi connectivity index (χ3v) is 13.7. The van der Waals surface area contributed by atoms with E-state index in [4.69, 9.17) is 5.73 Å². The van der Waals surface area contributed by atoms with Gasteiger partial charge in [0.1, 0.15) is 6.04 Å². The number of para-hydroxylation sites is 1. The van der Waals surface area contributed by atoms with E-state index in [1.807, 2.05) is 29.2 Å². The number of likely N-dealkylation sites (tertiary alicyclic amines) is 2. The first-order chi connectivity index (χ1) is 24.9. The lowest BCUT2D eigenvalue weighted by Gasteiger charge is -2.42. The number of hydrogen-bond donors (Lipinski definition) is 3. The van der Waals surface area contributed by atoms with Crippen LogP contribution in [0, 0.1) is 0 Å². The fourth-order valence-corrected chi connectivity index (χ4v) is 10.2. The average molecular weight is 867 g/mol. The molecule has 0 radical (unpaired) electrons. The minimum absolute atomic E-state index is 0.0694. The second-order valence-corrected chi connectivity index (χ2v) is 18.1. The SMILES string of the molecule is CN1CCN(C2CCN(CCS(=O)(=O)N[C@H](CC(=O)c3cc(Br)c(N)c(Br)c3)C(=O)N3CCC(N4CCc5ccccc5NC4=O)CC3)CC2)CC1. The molecular formula is C36H50Br2N8O5S. The number of halogens is 2. The van der Waals surface area contributed by atoms with Crippen LogP contribution in [-0.4, -0.2) is 147 Å². The molecule has 4 aliphatic rings. The summed E-state index contributed by atoms with van der Waals surface area (Å²) >= 11 is 6.76. The van der Waals surface area contributed by atoms with Crippen molar-refractivity contribution < 1.29 is 22.8 Å². The fraction of sp³-hybridized carbons (Fsp3) is 0.583. The zero-order valence-corrected chi connectivity index (χ0v) is 33.7. The Hall–Kier alpha value is -2.60. The van der Waals surface area contributed by atoms with E-state index in [0.717, 1.165) is 69.8 Å². The van der Waals surface area contributed by atoms with Crippen molar-refractivity contribution in [3.63, 3.8) is 0 Å². The number of nitrogens with two attached hydrogens (primary N) is 1. The van der Waals surface area contributed by atoms with Gasteiger partial charge in [-0.25, -0.2) is 17.9 Å². The molecular weight excluding hydrogens is 816 g/mol. The average Bonchev–Trinajstić information content (AvgIpc) is 3.30. The normalized spacial score (nSPS) is 21.0. The number of fused-ring (bicyclic) bond motifs is 1. The van der Waals surface area contributed by atoms with Gasteiger partial charge in [-0.05, 0) is 108 Å². The molecule has 3 fully saturated rings. The number of piperazine rings is 1. The largest absolute Gasteiger partial charge is 0.397 e. The number of amides is 3. The van der Waals surface area contributed by atoms with E-state index in [0.29, 0.717) is 65.3 Å². The van der Waals surface area contributed by atoms with Crippen molar-refractivity contribution in [2.75, 3.05) is 89.3 Å². The van der Waals surface area contributed by atoms with Crippen LogP contribution in [0.1, 0.15) is 48.0 Å². The number of carbonyl (C=O) groups is 3. The van der Waals surface area contributed by atoms with Gasteiger partial charge in [-0.15, -0.1) is 0 Å². The number of carbonyl (C=O) groups excluding carboxylic acids is 3. The molecule has 0 unspecified atom stereocenters. The highest BCUT2D eigenvalue weighted by atomic mass is 79.9. The summed E-state index contributed by atoms with van der Waals surface area (Å²) in [4.78, 5) is 51.4. The molecule has 6 rings (SSSR count). The van der Waals surface area contributed by atoms with Gasteiger partial charge in [0, 0.05) is 91.1 Å². The van der Waals surface area contributed by atoms with E-state index in [1.165, 1.54) is 0 Å². The molecule has 284 valence electrons. The number of nitrogen functional groups attached to an aromatic ring is 1. The summed E-state index contributed by atoms with van der Waals surface area (Å²) in [6, 6.07) is 9.97. The van der Waals surface area contributed by atoms with Crippen LogP contribution in [0.25, 0.3) is 0 Å². The fourth-order valence-electron chi connectivity index (χ4n) is 7.80. The second kappa shape index (κ2) is 17.2. The molecule has 0 aliphatic carbocycles. The Morgan fingerprint density at radius 2 is 1.56 bits per heavy atom. The number of hydrogen-bond acceptors (Lipinski definition) is 9. The highest BCUT2D eigenvalue weighted by molar-refractivity contribution is 9.11. The predicted molar refractivity (Wildman–Crippen MR) is 210 cm³/mol. The number of rotatable bonds is 11. The van der Waals surface area contributed by atoms with E-state index in [2.05, 4.69) is 63.6 Å². The van der Waals surface area contributed by atoms with Crippen molar-refractivity contribution in [3.05, 3.63) is 56.5 Å². The molecule has 2 aromatic carbocycles. The van der Waals surface area contributed by atoms with Crippen LogP contribution in [0.5, 0.6) is 0 Å². The Bertz CT molecular complexity index is 1700. The zero-order chi connectivity index (χ0) is 37.0. The summed E-state index contributed by atoms with van der Waals surface area (Å²) < 4.78 is 30.9. The minimum Gasteiger partial charge on any atom is -0.397 e. The highest BCUT2D eigenvalue weighted by Crippen LogP contribution is 2.31. The quantitative estimate of drug-likeness (QED) is 0.228. The van der Waals surface area contributed by atoms with E-state index < -0.39 is 22.0 Å². The van der Waals surface area contributed by atoms with Gasteiger partial charge in [-0.3, -0.25) is 14.5 Å². The van der Waals surface area contributed by atoms with Crippen LogP contribution in [0.15, 0.2) is 45.3 Å². The Kier molecular flexibility index (Phi) is 13.0. The molecule has 2 aromatic rings. The summed E-state index contributed by atoms with van der Waals surface area (Å²) in [6.07, 6.45) is 3.48. The summed E-state index contributed by atoms with van der Waals surface area (Å²) in [5, 5.41) is 3.02. The second-order valence-electron chi connectivity index (χ2n) is 14.5. The molecule has 4 aliphatic heterocycles. The maximum absolute atomic E-state index is 14.1. The van der Waals surface area contributed by atoms with Crippen molar-refractivity contribution in [2.45, 2.75) is 56.7 Å². The molecule has 0 bridgehead atoms. The molecule has 4 heterocycles. The van der Waals surface area contributed by atoms with Gasteiger partial charge in [-0.2, -0.15) is 0 Å². The number of nitrogens with one attached hydrogen (secondary N) is 2. The Morgan fingerprint density at radius 1 is 0.923 bits per heavy atom. The van der Waals surface area contributed by atoms with Gasteiger partial charge in [0.15, 0.2) is 5.78 Å². The molecule has 4 N–H and O–H groups in total. The third kappa shape index (κ3) is 9.73. The maximum atomic E-state index is 14.1. The van der Waals surface area contributed by atoms with E-state index in [-0.39, 0.29) is 30.0 Å². The lowest BCUT2D eigenvalue weighted by atomic mass is 9.99. The first kappa shape index (κ1) is 39.1. The van der Waals surface area contributed by atoms with Gasteiger partial charge < -0.3 is 30.7 Å². The van der Waals surface area contributed by atoms with Gasteiger partial charge in [0.05, 0.1) is 11.4 Å². The molecule has 3 saturated heterocycles. The molecule has 16 heteroatoms. The number of benzene rings is 2. The van der Waals surface area contributed by atoms with Gasteiger partial charge in [0.25, 0.3) is 0 Å². The van der Waals surface area contributed by atoms with Crippen molar-refractivity contribution >= 4 is 71.0 Å². The van der Waals surface area contributed by atoms with Gasteiger partial charge in [0.2, 0.25) is 15.9 Å². The minimum atomic E-state index is -3.93. The molecule has 3 amide bonds. The van der Waals surface area contributed by atoms with E-state index in [1.54, 1.807) is 17.0 Å². The lowest BCUT2D eigenvalue weighted by molar-refractivity contribution is -0.134. The Morgan fingerprint density at radius 3 is 2.23 bits per heavy atom. The summed E-state index contributed by atoms with van der Waals surface area (Å²) in [6.45, 7) is 7.53. The van der Waals surface area contributed by atoms with Crippen LogP contribution >= 0.6 is 31.9 Å². The van der Waals surface area contributed by atoms with Gasteiger partial charge in [-0.1, -0.05) is 18.2 Å². The smallest absolute Gasteiger partial charge is 0.322 e. The highest BCUT2D eigenvalue weighted by Gasteiger charge is 2.36. The Balaban J connectivity index is 1.08. The number of sulfonamides is 1. The Labute approximate surface area is 323 Å². The van der Waals surface area contributed by atoms with Crippen molar-refractivity contribution in [2.24, 2.45) is 0 Å². The molecule has 52 heavy (non-hydrogen) atoms. The monoisotopic (exact) mass is 864 g/mol. The van der Waals surface area contributed by atoms with Gasteiger partial charge >= 0.3 is 6.03 Å². The maximum Gasteiger partial charge on any atom is 0.322 e.